The fourth-order valence-electron chi connectivity index (χ4n) is 4.14. The standard InChI is InChI=1S/C23H39N3O/c1-4-21-6-8-22(9-7-21)17-25-13-11-24(12-14-25)10-5-15-27-23-18-26(19-23)16-20(2)3/h6-9,20,23H,4-5,10-19H2,1-3H3. The van der Waals surface area contributed by atoms with Gasteiger partial charge in [0, 0.05) is 65.5 Å². The van der Waals surface area contributed by atoms with E-state index in [0.717, 1.165) is 38.6 Å². The van der Waals surface area contributed by atoms with Gasteiger partial charge in [-0.2, -0.15) is 0 Å². The van der Waals surface area contributed by atoms with Crippen molar-refractivity contribution < 1.29 is 4.74 Å². The highest BCUT2D eigenvalue weighted by Gasteiger charge is 2.27. The molecule has 0 radical (unpaired) electrons. The maximum atomic E-state index is 6.02. The molecule has 4 heteroatoms. The third-order valence-corrected chi connectivity index (χ3v) is 5.82. The van der Waals surface area contributed by atoms with E-state index in [0.29, 0.717) is 6.10 Å². The topological polar surface area (TPSA) is 19.0 Å². The normalized spacial score (nSPS) is 20.3. The van der Waals surface area contributed by atoms with E-state index in [1.165, 1.54) is 56.8 Å². The third-order valence-electron chi connectivity index (χ3n) is 5.82. The molecule has 3 rings (SSSR count). The molecule has 2 fully saturated rings. The van der Waals surface area contributed by atoms with E-state index in [9.17, 15) is 0 Å². The summed E-state index contributed by atoms with van der Waals surface area (Å²) < 4.78 is 6.02. The average Bonchev–Trinajstić information content (AvgIpc) is 2.64. The van der Waals surface area contributed by atoms with Gasteiger partial charge in [-0.1, -0.05) is 45.0 Å². The van der Waals surface area contributed by atoms with Crippen molar-refractivity contribution in [1.82, 2.24) is 14.7 Å². The predicted octanol–water partition coefficient (Wildman–Crippen LogP) is 3.11. The molecule has 27 heavy (non-hydrogen) atoms. The maximum Gasteiger partial charge on any atom is 0.0828 e. The van der Waals surface area contributed by atoms with E-state index in [-0.39, 0.29) is 0 Å². The number of nitrogens with zero attached hydrogens (tertiary/aromatic N) is 3. The van der Waals surface area contributed by atoms with Gasteiger partial charge >= 0.3 is 0 Å². The van der Waals surface area contributed by atoms with Crippen LogP contribution < -0.4 is 0 Å². The van der Waals surface area contributed by atoms with E-state index < -0.39 is 0 Å². The van der Waals surface area contributed by atoms with Crippen LogP contribution in [0.3, 0.4) is 0 Å². The summed E-state index contributed by atoms with van der Waals surface area (Å²) in [5.41, 5.74) is 2.88. The van der Waals surface area contributed by atoms with Crippen molar-refractivity contribution in [2.24, 2.45) is 5.92 Å². The molecule has 2 saturated heterocycles. The number of piperazine rings is 1. The summed E-state index contributed by atoms with van der Waals surface area (Å²) in [6, 6.07) is 9.14. The van der Waals surface area contributed by atoms with Crippen LogP contribution in [0.4, 0.5) is 0 Å². The lowest BCUT2D eigenvalue weighted by Crippen LogP contribution is -2.53. The summed E-state index contributed by atoms with van der Waals surface area (Å²) in [4.78, 5) is 7.70. The van der Waals surface area contributed by atoms with Gasteiger partial charge in [-0.15, -0.1) is 0 Å². The van der Waals surface area contributed by atoms with Crippen LogP contribution in [0.25, 0.3) is 0 Å². The summed E-state index contributed by atoms with van der Waals surface area (Å²) in [5.74, 6) is 0.764. The smallest absolute Gasteiger partial charge is 0.0828 e. The Balaban J connectivity index is 1.22. The lowest BCUT2D eigenvalue weighted by molar-refractivity contribution is -0.0601. The molecule has 0 unspecified atom stereocenters. The number of rotatable bonds is 10. The molecule has 1 aromatic rings. The highest BCUT2D eigenvalue weighted by Crippen LogP contribution is 2.14. The zero-order chi connectivity index (χ0) is 19.1. The highest BCUT2D eigenvalue weighted by molar-refractivity contribution is 5.22. The molecule has 0 aliphatic carbocycles. The second kappa shape index (κ2) is 10.6. The van der Waals surface area contributed by atoms with Gasteiger partial charge in [-0.3, -0.25) is 9.80 Å². The Labute approximate surface area is 166 Å². The third kappa shape index (κ3) is 6.86. The Bertz CT molecular complexity index is 531. The predicted molar refractivity (Wildman–Crippen MR) is 113 cm³/mol. The van der Waals surface area contributed by atoms with Gasteiger partial charge in [-0.25, -0.2) is 0 Å². The molecule has 2 heterocycles. The van der Waals surface area contributed by atoms with Crippen molar-refractivity contribution in [2.45, 2.75) is 46.3 Å². The summed E-state index contributed by atoms with van der Waals surface area (Å²) in [5, 5.41) is 0. The number of benzene rings is 1. The lowest BCUT2D eigenvalue weighted by atomic mass is 10.1. The van der Waals surface area contributed by atoms with Gasteiger partial charge in [0.2, 0.25) is 0 Å². The van der Waals surface area contributed by atoms with Crippen LogP contribution in [0.1, 0.15) is 38.3 Å². The molecule has 4 nitrogen and oxygen atoms in total. The van der Waals surface area contributed by atoms with Crippen molar-refractivity contribution in [2.75, 3.05) is 59.0 Å². The van der Waals surface area contributed by atoms with Crippen molar-refractivity contribution in [1.29, 1.82) is 0 Å². The summed E-state index contributed by atoms with van der Waals surface area (Å²) in [6.07, 6.45) is 2.78. The van der Waals surface area contributed by atoms with Gasteiger partial charge in [0.25, 0.3) is 0 Å². The van der Waals surface area contributed by atoms with Crippen molar-refractivity contribution in [3.63, 3.8) is 0 Å². The first-order valence-electron chi connectivity index (χ1n) is 11.0. The Kier molecular flexibility index (Phi) is 8.13. The molecule has 0 bridgehead atoms. The van der Waals surface area contributed by atoms with E-state index in [1.807, 2.05) is 0 Å². The zero-order valence-electron chi connectivity index (χ0n) is 17.7. The van der Waals surface area contributed by atoms with E-state index >= 15 is 0 Å². The quantitative estimate of drug-likeness (QED) is 0.587. The van der Waals surface area contributed by atoms with E-state index in [4.69, 9.17) is 4.74 Å². The Morgan fingerprint density at radius 1 is 0.926 bits per heavy atom. The first kappa shape index (κ1) is 20.8. The minimum absolute atomic E-state index is 0.486. The van der Waals surface area contributed by atoms with Crippen molar-refractivity contribution >= 4 is 0 Å². The number of aryl methyl sites for hydroxylation is 1. The summed E-state index contributed by atoms with van der Waals surface area (Å²) >= 11 is 0. The number of ether oxygens (including phenoxy) is 1. The van der Waals surface area contributed by atoms with Crippen LogP contribution in [0.5, 0.6) is 0 Å². The van der Waals surface area contributed by atoms with Gasteiger partial charge in [0.1, 0.15) is 0 Å². The molecule has 0 aromatic heterocycles. The molecule has 2 aliphatic rings. The van der Waals surface area contributed by atoms with Crippen molar-refractivity contribution in [3.05, 3.63) is 35.4 Å². The minimum Gasteiger partial charge on any atom is -0.376 e. The Morgan fingerprint density at radius 3 is 2.19 bits per heavy atom. The number of hydrogen-bond donors (Lipinski definition) is 0. The zero-order valence-corrected chi connectivity index (χ0v) is 17.7. The molecular formula is C23H39N3O. The van der Waals surface area contributed by atoms with Gasteiger partial charge in [0.05, 0.1) is 6.10 Å². The van der Waals surface area contributed by atoms with Crippen molar-refractivity contribution in [3.8, 4) is 0 Å². The van der Waals surface area contributed by atoms with Gasteiger partial charge < -0.3 is 9.64 Å². The SMILES string of the molecule is CCc1ccc(CN2CCN(CCCOC3CN(CC(C)C)C3)CC2)cc1. The molecule has 0 saturated carbocycles. The fourth-order valence-corrected chi connectivity index (χ4v) is 4.14. The monoisotopic (exact) mass is 373 g/mol. The number of likely N-dealkylation sites (tertiary alicyclic amines) is 1. The lowest BCUT2D eigenvalue weighted by Gasteiger charge is -2.40. The first-order chi connectivity index (χ1) is 13.1. The van der Waals surface area contributed by atoms with E-state index in [2.05, 4.69) is 59.7 Å². The van der Waals surface area contributed by atoms with Gasteiger partial charge in [0.15, 0.2) is 0 Å². The summed E-state index contributed by atoms with van der Waals surface area (Å²) in [6.45, 7) is 18.2. The largest absolute Gasteiger partial charge is 0.376 e. The van der Waals surface area contributed by atoms with Crippen LogP contribution in [0.15, 0.2) is 24.3 Å². The fraction of sp³-hybridized carbons (Fsp3) is 0.739. The Morgan fingerprint density at radius 2 is 1.56 bits per heavy atom. The molecule has 152 valence electrons. The maximum absolute atomic E-state index is 6.02. The molecule has 0 spiro atoms. The Hall–Kier alpha value is -0.940. The van der Waals surface area contributed by atoms with Crippen LogP contribution in [-0.4, -0.2) is 79.8 Å². The molecule has 0 atom stereocenters. The van der Waals surface area contributed by atoms with Crippen LogP contribution in [0.2, 0.25) is 0 Å². The molecule has 0 N–H and O–H groups in total. The summed E-state index contributed by atoms with van der Waals surface area (Å²) in [7, 11) is 0. The molecule has 0 amide bonds. The van der Waals surface area contributed by atoms with E-state index in [1.54, 1.807) is 0 Å². The van der Waals surface area contributed by atoms with Crippen LogP contribution in [0, 0.1) is 5.92 Å². The highest BCUT2D eigenvalue weighted by atomic mass is 16.5. The first-order valence-corrected chi connectivity index (χ1v) is 11.0. The minimum atomic E-state index is 0.486. The number of hydrogen-bond acceptors (Lipinski definition) is 4. The molecule has 1 aromatic carbocycles. The second-order valence-electron chi connectivity index (χ2n) is 8.75. The molecule has 2 aliphatic heterocycles. The second-order valence-corrected chi connectivity index (χ2v) is 8.75. The van der Waals surface area contributed by atoms with Crippen LogP contribution >= 0.6 is 0 Å². The van der Waals surface area contributed by atoms with Crippen LogP contribution in [-0.2, 0) is 17.7 Å². The average molecular weight is 374 g/mol. The van der Waals surface area contributed by atoms with Gasteiger partial charge in [-0.05, 0) is 29.9 Å². The molecular weight excluding hydrogens is 334 g/mol.